The Hall–Kier alpha value is -1.10. The maximum atomic E-state index is 12.0. The van der Waals surface area contributed by atoms with Gasteiger partial charge in [0.05, 0.1) is 27.6 Å². The van der Waals surface area contributed by atoms with Gasteiger partial charge in [-0.15, -0.1) is 0 Å². The molecular weight excluding hydrogens is 378 g/mol. The van der Waals surface area contributed by atoms with Crippen LogP contribution < -0.4 is 0 Å². The van der Waals surface area contributed by atoms with Crippen molar-refractivity contribution in [2.24, 2.45) is 0 Å². The van der Waals surface area contributed by atoms with Crippen LogP contribution in [0.2, 0.25) is 0 Å². The predicted molar refractivity (Wildman–Crippen MR) is 125 cm³/mol. The lowest BCUT2D eigenvalue weighted by atomic mass is 10.0. The van der Waals surface area contributed by atoms with Gasteiger partial charge in [0.2, 0.25) is 0 Å². The van der Waals surface area contributed by atoms with Gasteiger partial charge in [-0.3, -0.25) is 9.59 Å². The summed E-state index contributed by atoms with van der Waals surface area (Å²) in [5, 5.41) is 9.02. The van der Waals surface area contributed by atoms with Crippen molar-refractivity contribution < 1.29 is 28.0 Å². The molecule has 0 aliphatic carbocycles. The van der Waals surface area contributed by atoms with Crippen LogP contribution in [0.1, 0.15) is 120 Å². The molecule has 0 aromatic carbocycles. The van der Waals surface area contributed by atoms with E-state index in [-0.39, 0.29) is 12.4 Å². The lowest BCUT2D eigenvalue weighted by Crippen LogP contribution is -2.43. The Morgan fingerprint density at radius 2 is 1.23 bits per heavy atom. The highest BCUT2D eigenvalue weighted by Crippen LogP contribution is 2.14. The molecule has 0 aromatic heterocycles. The third kappa shape index (κ3) is 21.6. The highest BCUT2D eigenvalue weighted by atomic mass is 16.5. The zero-order valence-electron chi connectivity index (χ0n) is 22.9. The average molecular weight is 432 g/mol. The molecule has 0 spiro atoms. The normalized spacial score (nSPS) is 14.6. The number of nitrogens with zero attached hydrogens (tertiary/aromatic N) is 1. The molecule has 1 N–H and O–H groups in total. The summed E-state index contributed by atoms with van der Waals surface area (Å²) in [6.45, 7) is -1.27. The number of hydrogen-bond acceptors (Lipinski definition) is 3. The molecule has 0 unspecified atom stereocenters. The molecule has 0 heterocycles. The monoisotopic (exact) mass is 431 g/mol. The first-order valence-electron chi connectivity index (χ1n) is 13.6. The Morgan fingerprint density at radius 1 is 0.800 bits per heavy atom. The van der Waals surface area contributed by atoms with Gasteiger partial charge in [-0.1, -0.05) is 96.7 Å². The third-order valence-electron chi connectivity index (χ3n) is 5.26. The molecule has 0 radical (unpaired) electrons. The van der Waals surface area contributed by atoms with Crippen LogP contribution >= 0.6 is 0 Å². The molecule has 30 heavy (non-hydrogen) atoms. The summed E-state index contributed by atoms with van der Waals surface area (Å²) in [5.41, 5.74) is 0. The van der Waals surface area contributed by atoms with Crippen molar-refractivity contribution in [3.8, 4) is 0 Å². The number of ether oxygens (including phenoxy) is 1. The van der Waals surface area contributed by atoms with Gasteiger partial charge in [-0.2, -0.15) is 0 Å². The second-order valence-electron chi connectivity index (χ2n) is 9.63. The molecule has 0 amide bonds. The second kappa shape index (κ2) is 18.7. The fourth-order valence-electron chi connectivity index (χ4n) is 3.71. The predicted octanol–water partition coefficient (Wildman–Crippen LogP) is 6.34. The van der Waals surface area contributed by atoms with Gasteiger partial charge in [0.15, 0.2) is 6.10 Å². The zero-order valence-corrected chi connectivity index (χ0v) is 19.9. The molecule has 5 nitrogen and oxygen atoms in total. The van der Waals surface area contributed by atoms with Crippen molar-refractivity contribution in [2.45, 2.75) is 122 Å². The lowest BCUT2D eigenvalue weighted by Gasteiger charge is -2.28. The van der Waals surface area contributed by atoms with Crippen molar-refractivity contribution in [3.05, 3.63) is 0 Å². The second-order valence-corrected chi connectivity index (χ2v) is 9.63. The van der Waals surface area contributed by atoms with E-state index in [1.807, 2.05) is 21.1 Å². The molecule has 0 aliphatic heterocycles. The quantitative estimate of drug-likeness (QED) is 0.131. The topological polar surface area (TPSA) is 63.6 Å². The van der Waals surface area contributed by atoms with Gasteiger partial charge in [0, 0.05) is 10.5 Å². The Morgan fingerprint density at radius 3 is 1.63 bits per heavy atom. The van der Waals surface area contributed by atoms with Crippen LogP contribution in [0.5, 0.6) is 0 Å². The number of rotatable bonds is 21. The number of hydrogen-bond donors (Lipinski definition) is 1. The molecule has 5 heteroatoms. The number of unbranched alkanes of at least 4 members (excludes halogenated alkanes) is 13. The molecule has 1 atom stereocenters. The summed E-state index contributed by atoms with van der Waals surface area (Å²) in [5.74, 6) is -1.23. The Labute approximate surface area is 190 Å². The minimum atomic E-state index is -1.76. The van der Waals surface area contributed by atoms with E-state index in [0.717, 1.165) is 38.5 Å². The number of esters is 1. The third-order valence-corrected chi connectivity index (χ3v) is 5.26. The molecule has 178 valence electrons. The SMILES string of the molecule is [2H]C([2H])([2H])CCCCCCCCCCCCCCCCC(=O)O[C@H](CC(=O)O)C[N+](C)(C)C. The minimum absolute atomic E-state index is 0.145. The summed E-state index contributed by atoms with van der Waals surface area (Å²) in [6, 6.07) is 0. The Kier molecular flexibility index (Phi) is 14.6. The highest BCUT2D eigenvalue weighted by molar-refractivity contribution is 5.71. The molecular formula is C25H50NO4+. The van der Waals surface area contributed by atoms with Crippen LogP contribution in [0.15, 0.2) is 0 Å². The van der Waals surface area contributed by atoms with Crippen molar-refractivity contribution in [2.75, 3.05) is 27.7 Å². The van der Waals surface area contributed by atoms with Gasteiger partial charge in [0.1, 0.15) is 6.54 Å². The first kappa shape index (κ1) is 23.6. The standard InChI is InChI=1S/C25H49NO4/c1-5-6-7-8-9-10-11-12-13-14-15-16-17-18-19-20-25(29)30-23(21-24(27)28)22-26(2,3)4/h23H,5-22H2,1-4H3/p+1/t23-/m1/s1/i1D3. The van der Waals surface area contributed by atoms with E-state index in [4.69, 9.17) is 14.0 Å². The van der Waals surface area contributed by atoms with Gasteiger partial charge in [-0.25, -0.2) is 0 Å². The van der Waals surface area contributed by atoms with Crippen molar-refractivity contribution >= 4 is 11.9 Å². The largest absolute Gasteiger partial charge is 0.481 e. The first-order valence-corrected chi connectivity index (χ1v) is 12.1. The van der Waals surface area contributed by atoms with Crippen molar-refractivity contribution in [1.29, 1.82) is 0 Å². The van der Waals surface area contributed by atoms with Crippen molar-refractivity contribution in [3.63, 3.8) is 0 Å². The van der Waals surface area contributed by atoms with E-state index in [1.54, 1.807) is 0 Å². The molecule has 0 saturated heterocycles. The maximum absolute atomic E-state index is 12.0. The molecule has 0 aromatic rings. The van der Waals surface area contributed by atoms with Gasteiger partial charge >= 0.3 is 11.9 Å². The summed E-state index contributed by atoms with van der Waals surface area (Å²) < 4.78 is 27.5. The molecule has 0 aliphatic rings. The zero-order chi connectivity index (χ0) is 25.2. The van der Waals surface area contributed by atoms with Crippen molar-refractivity contribution in [1.82, 2.24) is 0 Å². The smallest absolute Gasteiger partial charge is 0.307 e. The van der Waals surface area contributed by atoms with Crippen LogP contribution in [-0.4, -0.2) is 55.3 Å². The van der Waals surface area contributed by atoms with Gasteiger partial charge in [0.25, 0.3) is 0 Å². The number of carboxylic acid groups (broad SMARTS) is 1. The van der Waals surface area contributed by atoms with E-state index in [0.29, 0.717) is 23.9 Å². The Balaban J connectivity index is 3.52. The average Bonchev–Trinajstić information content (AvgIpc) is 2.64. The van der Waals surface area contributed by atoms with Crippen LogP contribution in [0.4, 0.5) is 0 Å². The van der Waals surface area contributed by atoms with E-state index in [2.05, 4.69) is 0 Å². The van der Waals surface area contributed by atoms with Crippen LogP contribution in [0, 0.1) is 0 Å². The number of aliphatic carboxylic acids is 1. The van der Waals surface area contributed by atoms with E-state index < -0.39 is 18.9 Å². The summed E-state index contributed by atoms with van der Waals surface area (Å²) in [7, 11) is 5.87. The number of likely N-dealkylation sites (N-methyl/N-ethyl adjacent to an activating group) is 1. The summed E-state index contributed by atoms with van der Waals surface area (Å²) in [6.07, 6.45) is 16.0. The molecule has 0 rings (SSSR count). The Bertz CT molecular complexity index is 519. The number of carbonyl (C=O) groups excluding carboxylic acids is 1. The molecule has 0 bridgehead atoms. The van der Waals surface area contributed by atoms with E-state index >= 15 is 0 Å². The minimum Gasteiger partial charge on any atom is -0.481 e. The number of carbonyl (C=O) groups is 2. The summed E-state index contributed by atoms with van der Waals surface area (Å²) >= 11 is 0. The van der Waals surface area contributed by atoms with Crippen LogP contribution in [0.3, 0.4) is 0 Å². The van der Waals surface area contributed by atoms with E-state index in [1.165, 1.54) is 51.4 Å². The maximum Gasteiger partial charge on any atom is 0.307 e. The van der Waals surface area contributed by atoms with Crippen LogP contribution in [-0.2, 0) is 14.3 Å². The number of quaternary nitrogens is 1. The fourth-order valence-corrected chi connectivity index (χ4v) is 3.71. The summed E-state index contributed by atoms with van der Waals surface area (Å²) in [4.78, 5) is 23.0. The number of carboxylic acids is 1. The lowest BCUT2D eigenvalue weighted by molar-refractivity contribution is -0.873. The highest BCUT2D eigenvalue weighted by Gasteiger charge is 2.24. The van der Waals surface area contributed by atoms with Gasteiger partial charge in [-0.05, 0) is 6.42 Å². The van der Waals surface area contributed by atoms with Gasteiger partial charge < -0.3 is 14.3 Å². The van der Waals surface area contributed by atoms with Crippen LogP contribution in [0.25, 0.3) is 0 Å². The fraction of sp³-hybridized carbons (Fsp3) is 0.920. The molecule has 0 saturated carbocycles. The molecule has 0 fully saturated rings. The van der Waals surface area contributed by atoms with E-state index in [9.17, 15) is 9.59 Å². The first-order chi connectivity index (χ1) is 15.4.